The molecule has 0 spiro atoms. The average molecular weight is 354 g/mol. The second-order valence-corrected chi connectivity index (χ2v) is 6.50. The number of hydrogen-bond donors (Lipinski definition) is 1. The van der Waals surface area contributed by atoms with Gasteiger partial charge in [-0.1, -0.05) is 12.2 Å². The molecule has 1 N–H and O–H groups in total. The fourth-order valence-electron chi connectivity index (χ4n) is 2.86. The fraction of sp³-hybridized carbons (Fsp3) is 0.333. The summed E-state index contributed by atoms with van der Waals surface area (Å²) in [6, 6.07) is 3.27. The Morgan fingerprint density at radius 3 is 2.31 bits per heavy atom. The highest BCUT2D eigenvalue weighted by Gasteiger charge is 2.24. The van der Waals surface area contributed by atoms with Crippen LogP contribution in [0.1, 0.15) is 34.2 Å². The van der Waals surface area contributed by atoms with Gasteiger partial charge in [-0.15, -0.1) is 13.2 Å². The molecule has 0 aliphatic carbocycles. The first-order valence-corrected chi connectivity index (χ1v) is 8.61. The van der Waals surface area contributed by atoms with Crippen LogP contribution in [0.3, 0.4) is 0 Å². The Bertz CT molecular complexity index is 854. The van der Waals surface area contributed by atoms with Gasteiger partial charge in [-0.2, -0.15) is 0 Å². The van der Waals surface area contributed by atoms with Crippen molar-refractivity contribution in [2.45, 2.75) is 33.7 Å². The lowest BCUT2D eigenvalue weighted by Crippen LogP contribution is -2.47. The van der Waals surface area contributed by atoms with Crippen molar-refractivity contribution in [2.75, 3.05) is 13.1 Å². The number of nitrogens with zero attached hydrogens (tertiary/aromatic N) is 1. The molecule has 2 amide bonds. The molecule has 1 heterocycles. The van der Waals surface area contributed by atoms with E-state index in [0.717, 1.165) is 22.1 Å². The van der Waals surface area contributed by atoms with Crippen molar-refractivity contribution < 1.29 is 14.0 Å². The van der Waals surface area contributed by atoms with Gasteiger partial charge in [-0.05, 0) is 51.0 Å². The summed E-state index contributed by atoms with van der Waals surface area (Å²) in [6.07, 6.45) is 3.29. The van der Waals surface area contributed by atoms with Crippen molar-refractivity contribution >= 4 is 22.8 Å². The zero-order valence-corrected chi connectivity index (χ0v) is 15.9. The van der Waals surface area contributed by atoms with E-state index in [9.17, 15) is 9.59 Å². The highest BCUT2D eigenvalue weighted by atomic mass is 16.3. The van der Waals surface area contributed by atoms with E-state index < -0.39 is 11.9 Å². The van der Waals surface area contributed by atoms with Crippen molar-refractivity contribution in [3.8, 4) is 0 Å². The van der Waals surface area contributed by atoms with Crippen LogP contribution in [-0.2, 0) is 4.79 Å². The number of hydrogen-bond acceptors (Lipinski definition) is 3. The molecule has 1 atom stereocenters. The van der Waals surface area contributed by atoms with Crippen molar-refractivity contribution in [1.82, 2.24) is 10.2 Å². The maximum atomic E-state index is 12.6. The van der Waals surface area contributed by atoms with Gasteiger partial charge < -0.3 is 14.6 Å². The van der Waals surface area contributed by atoms with E-state index in [-0.39, 0.29) is 11.7 Å². The number of benzene rings is 1. The molecule has 0 saturated heterocycles. The third kappa shape index (κ3) is 3.87. The number of nitrogens with one attached hydrogen (secondary N) is 1. The molecule has 26 heavy (non-hydrogen) atoms. The molecule has 5 heteroatoms. The number of fused-ring (bicyclic) bond motifs is 1. The molecule has 1 aromatic carbocycles. The number of rotatable bonds is 7. The van der Waals surface area contributed by atoms with E-state index in [1.54, 1.807) is 24.0 Å². The third-order valence-corrected chi connectivity index (χ3v) is 4.49. The standard InChI is InChI=1S/C21H26N2O3/c1-7-9-23(10-8-2)21(25)16(6)22-20(24)19-15(5)17-11-13(3)14(4)12-18(17)26-19/h7-8,11-12,16H,1-2,9-10H2,3-6H3,(H,22,24). The Morgan fingerprint density at radius 1 is 1.15 bits per heavy atom. The minimum Gasteiger partial charge on any atom is -0.451 e. The molecular weight excluding hydrogens is 328 g/mol. The van der Waals surface area contributed by atoms with E-state index in [1.165, 1.54) is 0 Å². The Morgan fingerprint density at radius 2 is 1.73 bits per heavy atom. The minimum absolute atomic E-state index is 0.196. The lowest BCUT2D eigenvalue weighted by Gasteiger charge is -2.23. The van der Waals surface area contributed by atoms with Crippen LogP contribution in [0.15, 0.2) is 41.9 Å². The Labute approximate surface area is 154 Å². The summed E-state index contributed by atoms with van der Waals surface area (Å²) >= 11 is 0. The van der Waals surface area contributed by atoms with E-state index in [4.69, 9.17) is 4.42 Å². The minimum atomic E-state index is -0.682. The topological polar surface area (TPSA) is 62.6 Å². The highest BCUT2D eigenvalue weighted by Crippen LogP contribution is 2.28. The van der Waals surface area contributed by atoms with Gasteiger partial charge in [-0.25, -0.2) is 0 Å². The van der Waals surface area contributed by atoms with E-state index in [0.29, 0.717) is 18.7 Å². The van der Waals surface area contributed by atoms with Crippen molar-refractivity contribution in [3.63, 3.8) is 0 Å². The zero-order chi connectivity index (χ0) is 19.4. The van der Waals surface area contributed by atoms with Crippen LogP contribution in [0.25, 0.3) is 11.0 Å². The lowest BCUT2D eigenvalue weighted by molar-refractivity contribution is -0.131. The van der Waals surface area contributed by atoms with Gasteiger partial charge in [0.15, 0.2) is 5.76 Å². The highest BCUT2D eigenvalue weighted by molar-refractivity contribution is 6.01. The van der Waals surface area contributed by atoms with Crippen LogP contribution in [0.4, 0.5) is 0 Å². The number of furan rings is 1. The maximum Gasteiger partial charge on any atom is 0.287 e. The first-order chi connectivity index (χ1) is 12.3. The van der Waals surface area contributed by atoms with Crippen LogP contribution in [0, 0.1) is 20.8 Å². The molecule has 138 valence electrons. The molecule has 0 aliphatic rings. The normalized spacial score (nSPS) is 11.8. The van der Waals surface area contributed by atoms with E-state index in [2.05, 4.69) is 18.5 Å². The van der Waals surface area contributed by atoms with E-state index in [1.807, 2.05) is 32.9 Å². The number of carbonyl (C=O) groups is 2. The lowest BCUT2D eigenvalue weighted by atomic mass is 10.0. The molecule has 5 nitrogen and oxygen atoms in total. The van der Waals surface area contributed by atoms with Crippen LogP contribution >= 0.6 is 0 Å². The first kappa shape index (κ1) is 19.5. The summed E-state index contributed by atoms with van der Waals surface area (Å²) in [5, 5.41) is 3.65. The summed E-state index contributed by atoms with van der Waals surface area (Å²) < 4.78 is 5.76. The summed E-state index contributed by atoms with van der Waals surface area (Å²) in [6.45, 7) is 15.6. The Balaban J connectivity index is 2.22. The molecule has 0 fully saturated rings. The third-order valence-electron chi connectivity index (χ3n) is 4.49. The van der Waals surface area contributed by atoms with Gasteiger partial charge in [0.1, 0.15) is 11.6 Å². The summed E-state index contributed by atoms with van der Waals surface area (Å²) in [5.74, 6) is -0.353. The van der Waals surface area contributed by atoms with Gasteiger partial charge in [0, 0.05) is 24.0 Å². The smallest absolute Gasteiger partial charge is 0.287 e. The molecule has 1 aromatic heterocycles. The van der Waals surface area contributed by atoms with Crippen LogP contribution < -0.4 is 5.32 Å². The number of aryl methyl sites for hydroxylation is 3. The molecule has 2 aromatic rings. The zero-order valence-electron chi connectivity index (χ0n) is 15.9. The molecule has 0 radical (unpaired) electrons. The van der Waals surface area contributed by atoms with Crippen LogP contribution in [0.5, 0.6) is 0 Å². The molecule has 1 unspecified atom stereocenters. The molecular formula is C21H26N2O3. The second-order valence-electron chi connectivity index (χ2n) is 6.50. The monoisotopic (exact) mass is 354 g/mol. The second kappa shape index (κ2) is 8.04. The Hall–Kier alpha value is -2.82. The van der Waals surface area contributed by atoms with Gasteiger partial charge in [0.05, 0.1) is 0 Å². The van der Waals surface area contributed by atoms with Gasteiger partial charge in [0.25, 0.3) is 5.91 Å². The molecule has 0 saturated carbocycles. The van der Waals surface area contributed by atoms with Gasteiger partial charge in [0.2, 0.25) is 5.91 Å². The predicted molar refractivity (Wildman–Crippen MR) is 104 cm³/mol. The number of amides is 2. The molecule has 2 rings (SSSR count). The van der Waals surface area contributed by atoms with Gasteiger partial charge >= 0.3 is 0 Å². The van der Waals surface area contributed by atoms with Crippen LogP contribution in [-0.4, -0.2) is 35.8 Å². The summed E-state index contributed by atoms with van der Waals surface area (Å²) in [5.41, 5.74) is 3.69. The average Bonchev–Trinajstić information content (AvgIpc) is 2.90. The van der Waals surface area contributed by atoms with Crippen molar-refractivity contribution in [1.29, 1.82) is 0 Å². The summed E-state index contributed by atoms with van der Waals surface area (Å²) in [7, 11) is 0. The maximum absolute atomic E-state index is 12.6. The quantitative estimate of drug-likeness (QED) is 0.772. The predicted octanol–water partition coefficient (Wildman–Crippen LogP) is 3.68. The van der Waals surface area contributed by atoms with E-state index >= 15 is 0 Å². The first-order valence-electron chi connectivity index (χ1n) is 8.61. The Kier molecular flexibility index (Phi) is 6.03. The van der Waals surface area contributed by atoms with Crippen molar-refractivity contribution in [2.24, 2.45) is 0 Å². The summed E-state index contributed by atoms with van der Waals surface area (Å²) in [4.78, 5) is 26.7. The largest absolute Gasteiger partial charge is 0.451 e. The molecule has 0 bridgehead atoms. The fourth-order valence-corrected chi connectivity index (χ4v) is 2.86. The van der Waals surface area contributed by atoms with Crippen LogP contribution in [0.2, 0.25) is 0 Å². The van der Waals surface area contributed by atoms with Gasteiger partial charge in [-0.3, -0.25) is 9.59 Å². The van der Waals surface area contributed by atoms with Crippen molar-refractivity contribution in [3.05, 3.63) is 59.9 Å². The molecule has 0 aliphatic heterocycles. The number of carbonyl (C=O) groups excluding carboxylic acids is 2. The SMILES string of the molecule is C=CCN(CC=C)C(=O)C(C)NC(=O)c1oc2cc(C)c(C)cc2c1C.